The Bertz CT molecular complexity index is 546. The van der Waals surface area contributed by atoms with Crippen molar-refractivity contribution in [1.29, 1.82) is 5.26 Å². The number of pyridine rings is 1. The lowest BCUT2D eigenvalue weighted by atomic mass is 10.1. The van der Waals surface area contributed by atoms with Crippen LogP contribution in [0.25, 0.3) is 10.8 Å². The standard InChI is InChI=1S/C10H4BrFN2/c11-7-1-8-6(3-13)4-14-5-9(8)10(12)2-7/h1-2,4-5H. The number of hydrogen-bond acceptors (Lipinski definition) is 2. The van der Waals surface area contributed by atoms with Gasteiger partial charge in [-0.05, 0) is 12.1 Å². The topological polar surface area (TPSA) is 36.7 Å². The number of benzene rings is 1. The molecule has 0 aliphatic heterocycles. The molecule has 1 aromatic carbocycles. The first-order valence-corrected chi connectivity index (χ1v) is 4.64. The molecule has 0 radical (unpaired) electrons. The minimum absolute atomic E-state index is 0.368. The molecule has 0 atom stereocenters. The molecule has 0 N–H and O–H groups in total. The molecule has 0 saturated heterocycles. The summed E-state index contributed by atoms with van der Waals surface area (Å²) in [5.74, 6) is -0.376. The van der Waals surface area contributed by atoms with E-state index in [0.29, 0.717) is 20.8 Å². The first-order chi connectivity index (χ1) is 6.72. The molecule has 0 amide bonds. The summed E-state index contributed by atoms with van der Waals surface area (Å²) >= 11 is 3.18. The number of hydrogen-bond donors (Lipinski definition) is 0. The van der Waals surface area contributed by atoms with Crippen LogP contribution in [-0.4, -0.2) is 4.98 Å². The minimum atomic E-state index is -0.376. The van der Waals surface area contributed by atoms with Crippen LogP contribution in [0.15, 0.2) is 29.0 Å². The average Bonchev–Trinajstić information content (AvgIpc) is 2.17. The van der Waals surface area contributed by atoms with Crippen molar-refractivity contribution < 1.29 is 4.39 Å². The van der Waals surface area contributed by atoms with Crippen LogP contribution in [-0.2, 0) is 0 Å². The fourth-order valence-electron chi connectivity index (χ4n) is 1.28. The molecule has 68 valence electrons. The number of aromatic nitrogens is 1. The Morgan fingerprint density at radius 1 is 1.29 bits per heavy atom. The van der Waals surface area contributed by atoms with Crippen LogP contribution >= 0.6 is 15.9 Å². The third-order valence-corrected chi connectivity index (χ3v) is 2.37. The van der Waals surface area contributed by atoms with Crippen molar-refractivity contribution >= 4 is 26.7 Å². The van der Waals surface area contributed by atoms with Crippen LogP contribution in [0.1, 0.15) is 5.56 Å². The molecule has 1 heterocycles. The summed E-state index contributed by atoms with van der Waals surface area (Å²) in [6, 6.07) is 5.03. The van der Waals surface area contributed by atoms with Gasteiger partial charge in [0.15, 0.2) is 0 Å². The first-order valence-electron chi connectivity index (χ1n) is 3.85. The van der Waals surface area contributed by atoms with Crippen LogP contribution < -0.4 is 0 Å². The maximum atomic E-state index is 13.4. The van der Waals surface area contributed by atoms with Gasteiger partial charge in [0.05, 0.1) is 5.56 Å². The summed E-state index contributed by atoms with van der Waals surface area (Å²) in [6.07, 6.45) is 2.84. The van der Waals surface area contributed by atoms with Gasteiger partial charge in [0.25, 0.3) is 0 Å². The number of nitriles is 1. The van der Waals surface area contributed by atoms with Crippen molar-refractivity contribution in [3.05, 3.63) is 40.4 Å². The Morgan fingerprint density at radius 3 is 2.79 bits per heavy atom. The zero-order valence-electron chi connectivity index (χ0n) is 6.96. The molecule has 4 heteroatoms. The van der Waals surface area contributed by atoms with Gasteiger partial charge in [-0.1, -0.05) is 15.9 Å². The van der Waals surface area contributed by atoms with Crippen LogP contribution in [0.2, 0.25) is 0 Å². The van der Waals surface area contributed by atoms with Gasteiger partial charge in [-0.25, -0.2) is 4.39 Å². The normalized spacial score (nSPS) is 10.1. The van der Waals surface area contributed by atoms with E-state index in [1.165, 1.54) is 18.5 Å². The van der Waals surface area contributed by atoms with Crippen LogP contribution in [0.3, 0.4) is 0 Å². The van der Waals surface area contributed by atoms with E-state index in [0.717, 1.165) is 0 Å². The van der Waals surface area contributed by atoms with Crippen LogP contribution in [0.4, 0.5) is 4.39 Å². The van der Waals surface area contributed by atoms with Crippen molar-refractivity contribution in [3.63, 3.8) is 0 Å². The van der Waals surface area contributed by atoms with Gasteiger partial charge in [-0.3, -0.25) is 4.98 Å². The van der Waals surface area contributed by atoms with E-state index >= 15 is 0 Å². The number of rotatable bonds is 0. The molecule has 0 aliphatic rings. The smallest absolute Gasteiger partial charge is 0.133 e. The van der Waals surface area contributed by atoms with Gasteiger partial charge < -0.3 is 0 Å². The third kappa shape index (κ3) is 1.36. The van der Waals surface area contributed by atoms with Crippen molar-refractivity contribution in [2.45, 2.75) is 0 Å². The highest BCUT2D eigenvalue weighted by molar-refractivity contribution is 9.10. The van der Waals surface area contributed by atoms with E-state index in [4.69, 9.17) is 5.26 Å². The van der Waals surface area contributed by atoms with E-state index in [9.17, 15) is 4.39 Å². The zero-order valence-corrected chi connectivity index (χ0v) is 8.55. The molecule has 2 aromatic rings. The van der Waals surface area contributed by atoms with Crippen LogP contribution in [0, 0.1) is 17.1 Å². The molecular formula is C10H4BrFN2. The number of fused-ring (bicyclic) bond motifs is 1. The highest BCUT2D eigenvalue weighted by Gasteiger charge is 2.06. The Hall–Kier alpha value is -1.47. The van der Waals surface area contributed by atoms with E-state index in [1.54, 1.807) is 6.07 Å². The molecule has 0 bridgehead atoms. The summed E-state index contributed by atoms with van der Waals surface area (Å²) in [6.45, 7) is 0. The summed E-state index contributed by atoms with van der Waals surface area (Å²) in [5.41, 5.74) is 0.378. The molecule has 2 nitrogen and oxygen atoms in total. The van der Waals surface area contributed by atoms with Gasteiger partial charge in [0.1, 0.15) is 11.9 Å². The van der Waals surface area contributed by atoms with Gasteiger partial charge in [-0.15, -0.1) is 0 Å². The summed E-state index contributed by atoms with van der Waals surface area (Å²) in [5, 5.41) is 9.74. The molecule has 1 aromatic heterocycles. The molecular weight excluding hydrogens is 247 g/mol. The highest BCUT2D eigenvalue weighted by atomic mass is 79.9. The second-order valence-electron chi connectivity index (χ2n) is 2.78. The van der Waals surface area contributed by atoms with E-state index < -0.39 is 0 Å². The highest BCUT2D eigenvalue weighted by Crippen LogP contribution is 2.24. The fraction of sp³-hybridized carbons (Fsp3) is 0. The van der Waals surface area contributed by atoms with Crippen LogP contribution in [0.5, 0.6) is 0 Å². The quantitative estimate of drug-likeness (QED) is 0.721. The maximum Gasteiger partial charge on any atom is 0.133 e. The molecule has 0 aliphatic carbocycles. The summed E-state index contributed by atoms with van der Waals surface area (Å²) in [4.78, 5) is 3.80. The molecule has 0 fully saturated rings. The van der Waals surface area contributed by atoms with E-state index in [-0.39, 0.29) is 5.82 Å². The average molecular weight is 251 g/mol. The molecule has 0 saturated carbocycles. The summed E-state index contributed by atoms with van der Waals surface area (Å²) in [7, 11) is 0. The Labute approximate surface area is 88.1 Å². The fourth-order valence-corrected chi connectivity index (χ4v) is 1.71. The predicted octanol–water partition coefficient (Wildman–Crippen LogP) is 3.01. The largest absolute Gasteiger partial charge is 0.263 e. The monoisotopic (exact) mass is 250 g/mol. The Morgan fingerprint density at radius 2 is 2.07 bits per heavy atom. The van der Waals surface area contributed by atoms with Gasteiger partial charge >= 0.3 is 0 Å². The lowest BCUT2D eigenvalue weighted by Crippen LogP contribution is -1.86. The van der Waals surface area contributed by atoms with Crippen molar-refractivity contribution in [2.75, 3.05) is 0 Å². The first kappa shape index (κ1) is 9.10. The SMILES string of the molecule is N#Cc1cncc2c(F)cc(Br)cc12. The van der Waals surface area contributed by atoms with Crippen molar-refractivity contribution in [2.24, 2.45) is 0 Å². The molecule has 2 rings (SSSR count). The predicted molar refractivity (Wildman–Crippen MR) is 54.1 cm³/mol. The van der Waals surface area contributed by atoms with E-state index in [2.05, 4.69) is 20.9 Å². The minimum Gasteiger partial charge on any atom is -0.263 e. The Kier molecular flexibility index (Phi) is 2.18. The lowest BCUT2D eigenvalue weighted by Gasteiger charge is -2.01. The third-order valence-electron chi connectivity index (χ3n) is 1.91. The molecule has 14 heavy (non-hydrogen) atoms. The van der Waals surface area contributed by atoms with Gasteiger partial charge in [0, 0.05) is 27.6 Å². The van der Waals surface area contributed by atoms with Crippen molar-refractivity contribution in [3.8, 4) is 6.07 Å². The summed E-state index contributed by atoms with van der Waals surface area (Å²) < 4.78 is 14.0. The van der Waals surface area contributed by atoms with E-state index in [1.807, 2.05) is 6.07 Å². The molecule has 0 unspecified atom stereocenters. The number of halogens is 2. The number of nitrogens with zero attached hydrogens (tertiary/aromatic N) is 2. The van der Waals surface area contributed by atoms with Gasteiger partial charge in [-0.2, -0.15) is 5.26 Å². The van der Waals surface area contributed by atoms with Gasteiger partial charge in [0.2, 0.25) is 0 Å². The lowest BCUT2D eigenvalue weighted by molar-refractivity contribution is 0.638. The second kappa shape index (κ2) is 3.35. The second-order valence-corrected chi connectivity index (χ2v) is 3.70. The zero-order chi connectivity index (χ0) is 10.1. The maximum absolute atomic E-state index is 13.4. The molecule has 0 spiro atoms. The Balaban J connectivity index is 2.95. The van der Waals surface area contributed by atoms with Crippen molar-refractivity contribution in [1.82, 2.24) is 4.98 Å².